The first-order valence-electron chi connectivity index (χ1n) is 7.98. The van der Waals surface area contributed by atoms with Crippen LogP contribution in [0.2, 0.25) is 0 Å². The Morgan fingerprint density at radius 3 is 2.83 bits per heavy atom. The summed E-state index contributed by atoms with van der Waals surface area (Å²) in [5.74, 6) is 0.487. The number of aromatic nitrogens is 1. The Bertz CT molecular complexity index is 736. The lowest BCUT2D eigenvalue weighted by molar-refractivity contribution is 0.0388. The van der Waals surface area contributed by atoms with Crippen molar-refractivity contribution in [3.8, 4) is 0 Å². The van der Waals surface area contributed by atoms with Crippen LogP contribution in [0.15, 0.2) is 24.3 Å². The van der Waals surface area contributed by atoms with Crippen LogP contribution in [-0.2, 0) is 4.74 Å². The first-order valence-corrected chi connectivity index (χ1v) is 7.98. The first-order chi connectivity index (χ1) is 11.0. The fourth-order valence-electron chi connectivity index (χ4n) is 3.53. The molecular weight excluding hydrogens is 292 g/mol. The van der Waals surface area contributed by atoms with Crippen molar-refractivity contribution in [1.29, 1.82) is 0 Å². The Labute approximate surface area is 136 Å². The van der Waals surface area contributed by atoms with Gasteiger partial charge in [-0.2, -0.15) is 0 Å². The number of anilines is 2. The number of para-hydroxylation sites is 1. The molecule has 1 aromatic carbocycles. The number of likely N-dealkylation sites (N-methyl/N-ethyl adjacent to an activating group) is 1. The molecule has 0 bridgehead atoms. The molecule has 2 unspecified atom stereocenters. The predicted octanol–water partition coefficient (Wildman–Crippen LogP) is 1.92. The predicted molar refractivity (Wildman–Crippen MR) is 94.3 cm³/mol. The molecule has 1 aromatic heterocycles. The number of fused-ring (bicyclic) bond motifs is 3. The van der Waals surface area contributed by atoms with Gasteiger partial charge in [-0.05, 0) is 19.1 Å². The van der Waals surface area contributed by atoms with Crippen molar-refractivity contribution < 1.29 is 9.84 Å². The van der Waals surface area contributed by atoms with Gasteiger partial charge >= 0.3 is 0 Å². The van der Waals surface area contributed by atoms with Gasteiger partial charge in [0.15, 0.2) is 17.2 Å². The topological polar surface area (TPSA) is 80.4 Å². The summed E-state index contributed by atoms with van der Waals surface area (Å²) in [6, 6.07) is 7.98. The van der Waals surface area contributed by atoms with Crippen LogP contribution in [0.1, 0.15) is 13.8 Å². The summed E-state index contributed by atoms with van der Waals surface area (Å²) in [5, 5.41) is 14.3. The molecule has 23 heavy (non-hydrogen) atoms. The third-order valence-corrected chi connectivity index (χ3v) is 5.00. The molecule has 1 aliphatic heterocycles. The van der Waals surface area contributed by atoms with Crippen LogP contribution >= 0.6 is 0 Å². The average Bonchev–Trinajstić information content (AvgIpc) is 2.76. The van der Waals surface area contributed by atoms with Crippen LogP contribution in [-0.4, -0.2) is 49.2 Å². The molecule has 6 nitrogen and oxygen atoms in total. The highest BCUT2D eigenvalue weighted by Gasteiger charge is 2.54. The van der Waals surface area contributed by atoms with E-state index in [4.69, 9.17) is 10.5 Å². The summed E-state index contributed by atoms with van der Waals surface area (Å²) in [6.45, 7) is 5.89. The third kappa shape index (κ3) is 2.25. The minimum Gasteiger partial charge on any atom is -0.390 e. The zero-order valence-electron chi connectivity index (χ0n) is 14.0. The molecule has 6 heteroatoms. The fraction of sp³-hybridized carbons (Fsp3) is 0.471. The van der Waals surface area contributed by atoms with E-state index in [0.29, 0.717) is 30.1 Å². The van der Waals surface area contributed by atoms with Gasteiger partial charge in [0.2, 0.25) is 0 Å². The third-order valence-electron chi connectivity index (χ3n) is 5.00. The molecule has 0 amide bonds. The lowest BCUT2D eigenvalue weighted by Crippen LogP contribution is -2.65. The minimum absolute atomic E-state index is 0.0793. The smallest absolute Gasteiger partial charge is 0.198 e. The molecule has 4 N–H and O–H groups in total. The van der Waals surface area contributed by atoms with E-state index in [1.165, 1.54) is 0 Å². The van der Waals surface area contributed by atoms with Gasteiger partial charge in [0.05, 0.1) is 24.6 Å². The maximum Gasteiger partial charge on any atom is 0.198 e. The summed E-state index contributed by atoms with van der Waals surface area (Å²) >= 11 is 0. The zero-order chi connectivity index (χ0) is 16.7. The number of pyridine rings is 1. The molecule has 0 saturated heterocycles. The Hall–Kier alpha value is -1.89. The van der Waals surface area contributed by atoms with Gasteiger partial charge in [-0.15, -0.1) is 0 Å². The van der Waals surface area contributed by atoms with Gasteiger partial charge in [-0.1, -0.05) is 12.1 Å². The summed E-state index contributed by atoms with van der Waals surface area (Å²) in [4.78, 5) is 4.52. The summed E-state index contributed by atoms with van der Waals surface area (Å²) in [7, 11) is 2.11. The Morgan fingerprint density at radius 2 is 2.13 bits per heavy atom. The van der Waals surface area contributed by atoms with Crippen LogP contribution in [0.25, 0.3) is 10.9 Å². The minimum atomic E-state index is -0.416. The highest BCUT2D eigenvalue weighted by molar-refractivity contribution is 6.03. The molecule has 0 spiro atoms. The van der Waals surface area contributed by atoms with Crippen LogP contribution in [0.3, 0.4) is 0 Å². The highest BCUT2D eigenvalue weighted by atomic mass is 16.5. The van der Waals surface area contributed by atoms with Gasteiger partial charge in [0, 0.05) is 13.5 Å². The summed E-state index contributed by atoms with van der Waals surface area (Å²) in [6.07, 6.45) is 0. The number of hydrogen-bond acceptors (Lipinski definition) is 5. The van der Waals surface area contributed by atoms with Crippen LogP contribution < -0.4 is 15.5 Å². The van der Waals surface area contributed by atoms with E-state index < -0.39 is 5.66 Å². The van der Waals surface area contributed by atoms with E-state index in [2.05, 4.69) is 30.3 Å². The Kier molecular flexibility index (Phi) is 3.91. The van der Waals surface area contributed by atoms with Crippen molar-refractivity contribution in [2.24, 2.45) is 0 Å². The molecule has 3 rings (SSSR count). The number of aliphatic hydroxyl groups excluding tert-OH is 1. The van der Waals surface area contributed by atoms with E-state index in [1.54, 1.807) is 0 Å². The lowest BCUT2D eigenvalue weighted by Gasteiger charge is -2.43. The molecular formula is C17H25N4O2+. The molecule has 2 atom stereocenters. The molecule has 2 heterocycles. The van der Waals surface area contributed by atoms with Gasteiger partial charge in [0.25, 0.3) is 0 Å². The van der Waals surface area contributed by atoms with Gasteiger partial charge in [-0.25, -0.2) is 4.98 Å². The number of nitrogens with one attached hydrogen (secondary N) is 1. The molecule has 0 fully saturated rings. The highest BCUT2D eigenvalue weighted by Crippen LogP contribution is 2.50. The first kappa shape index (κ1) is 16.0. The van der Waals surface area contributed by atoms with Crippen LogP contribution in [0.5, 0.6) is 0 Å². The maximum absolute atomic E-state index is 9.69. The number of nitrogens with zero attached hydrogens (tertiary/aromatic N) is 2. The lowest BCUT2D eigenvalue weighted by atomic mass is 10.1. The zero-order valence-corrected chi connectivity index (χ0v) is 14.0. The summed E-state index contributed by atoms with van der Waals surface area (Å²) in [5.41, 5.74) is 8.59. The number of quaternary nitrogens is 1. The SMILES string of the molecule is CCOCC1(C)Nc2c(N)nc3ccccc3c2[N+]1(C)CCO. The molecule has 2 aromatic rings. The van der Waals surface area contributed by atoms with Gasteiger partial charge in [-0.3, -0.25) is 4.48 Å². The van der Waals surface area contributed by atoms with Crippen LogP contribution in [0.4, 0.5) is 17.2 Å². The van der Waals surface area contributed by atoms with Crippen molar-refractivity contribution in [2.45, 2.75) is 19.5 Å². The second-order valence-electron chi connectivity index (χ2n) is 6.41. The second kappa shape index (κ2) is 5.63. The molecule has 0 saturated carbocycles. The van der Waals surface area contributed by atoms with Crippen LogP contribution in [0, 0.1) is 0 Å². The molecule has 124 valence electrons. The Balaban J connectivity index is 2.26. The van der Waals surface area contributed by atoms with Gasteiger partial charge in [0.1, 0.15) is 18.8 Å². The normalized spacial score (nSPS) is 26.3. The van der Waals surface area contributed by atoms with E-state index in [0.717, 1.165) is 22.3 Å². The quantitative estimate of drug-likeness (QED) is 0.734. The number of hydrogen-bond donors (Lipinski definition) is 3. The maximum atomic E-state index is 9.69. The van der Waals surface area contributed by atoms with Crippen molar-refractivity contribution in [3.05, 3.63) is 24.3 Å². The largest absolute Gasteiger partial charge is 0.390 e. The number of ether oxygens (including phenoxy) is 1. The van der Waals surface area contributed by atoms with Gasteiger partial charge < -0.3 is 20.9 Å². The van der Waals surface area contributed by atoms with Crippen molar-refractivity contribution in [2.75, 3.05) is 44.5 Å². The van der Waals surface area contributed by atoms with Crippen molar-refractivity contribution in [3.63, 3.8) is 0 Å². The average molecular weight is 317 g/mol. The number of benzene rings is 1. The Morgan fingerprint density at radius 1 is 1.39 bits per heavy atom. The summed E-state index contributed by atoms with van der Waals surface area (Å²) < 4.78 is 6.23. The number of rotatable bonds is 5. The van der Waals surface area contributed by atoms with E-state index >= 15 is 0 Å². The standard InChI is InChI=1S/C17H25N4O2/c1-4-23-11-17(2)20-14-15(21(17,3)9-10-22)12-7-5-6-8-13(12)19-16(14)18/h5-8,20,22H,4,9-11H2,1-3H3,(H2,18,19)/q+1. The van der Waals surface area contributed by atoms with Crippen molar-refractivity contribution in [1.82, 2.24) is 9.47 Å². The van der Waals surface area contributed by atoms with Crippen molar-refractivity contribution >= 4 is 28.1 Å². The van der Waals surface area contributed by atoms with E-state index in [1.807, 2.05) is 25.1 Å². The van der Waals surface area contributed by atoms with E-state index in [9.17, 15) is 5.11 Å². The molecule has 0 radical (unpaired) electrons. The fourth-order valence-corrected chi connectivity index (χ4v) is 3.53. The molecule has 0 aliphatic carbocycles. The molecule has 1 aliphatic rings. The second-order valence-corrected chi connectivity index (χ2v) is 6.41. The number of nitrogens with two attached hydrogens (primary N) is 1. The number of nitrogen functional groups attached to an aromatic ring is 1. The van der Waals surface area contributed by atoms with E-state index in [-0.39, 0.29) is 6.61 Å². The monoisotopic (exact) mass is 317 g/mol. The number of aliphatic hydroxyl groups is 1.